The van der Waals surface area contributed by atoms with E-state index in [9.17, 15) is 9.59 Å². The zero-order chi connectivity index (χ0) is 20.3. The molecule has 0 bridgehead atoms. The fourth-order valence-corrected chi connectivity index (χ4v) is 3.05. The molecule has 28 heavy (non-hydrogen) atoms. The highest BCUT2D eigenvalue weighted by atomic mass is 79.9. The summed E-state index contributed by atoms with van der Waals surface area (Å²) in [7, 11) is 0. The Kier molecular flexibility index (Phi) is 5.74. The lowest BCUT2D eigenvalue weighted by molar-refractivity contribution is -0.116. The van der Waals surface area contributed by atoms with Crippen molar-refractivity contribution in [1.82, 2.24) is 15.0 Å². The molecule has 0 aliphatic heterocycles. The standard InChI is InChI=1S/C19H19BrN6O2/c1-11-6-5-7-12(2)16(11)23-15(27)10-26-18(21)17(24-25-26)19(28)22-14-9-4-3-8-13(14)20/h3-9H,10,21H2,1-2H3,(H,22,28)(H,23,27). The predicted molar refractivity (Wildman–Crippen MR) is 111 cm³/mol. The molecular formula is C19H19BrN6O2. The SMILES string of the molecule is Cc1cccc(C)c1NC(=O)Cn1nnc(C(=O)Nc2ccccc2Br)c1N. The molecular weight excluding hydrogens is 424 g/mol. The van der Waals surface area contributed by atoms with Crippen LogP contribution in [0.1, 0.15) is 21.6 Å². The van der Waals surface area contributed by atoms with E-state index in [1.165, 1.54) is 4.68 Å². The molecule has 2 amide bonds. The van der Waals surface area contributed by atoms with Gasteiger partial charge in [0.2, 0.25) is 5.91 Å². The third-order valence-electron chi connectivity index (χ3n) is 4.15. The predicted octanol–water partition coefficient (Wildman–Crippen LogP) is 3.13. The van der Waals surface area contributed by atoms with Gasteiger partial charge in [0.15, 0.2) is 11.5 Å². The van der Waals surface area contributed by atoms with Gasteiger partial charge >= 0.3 is 0 Å². The third-order valence-corrected chi connectivity index (χ3v) is 4.84. The first-order valence-electron chi connectivity index (χ1n) is 8.47. The summed E-state index contributed by atoms with van der Waals surface area (Å²) in [6.45, 7) is 3.67. The first kappa shape index (κ1) is 19.6. The molecule has 3 aromatic rings. The van der Waals surface area contributed by atoms with Gasteiger partial charge in [-0.25, -0.2) is 4.68 Å². The van der Waals surface area contributed by atoms with E-state index in [4.69, 9.17) is 5.73 Å². The van der Waals surface area contributed by atoms with E-state index in [0.29, 0.717) is 5.69 Å². The second-order valence-corrected chi connectivity index (χ2v) is 7.08. The van der Waals surface area contributed by atoms with Crippen molar-refractivity contribution in [2.45, 2.75) is 20.4 Å². The average Bonchev–Trinajstić information content (AvgIpc) is 3.01. The van der Waals surface area contributed by atoms with Crippen LogP contribution >= 0.6 is 15.9 Å². The van der Waals surface area contributed by atoms with Gasteiger partial charge in [-0.2, -0.15) is 0 Å². The van der Waals surface area contributed by atoms with Crippen LogP contribution in [0, 0.1) is 13.8 Å². The summed E-state index contributed by atoms with van der Waals surface area (Å²) < 4.78 is 1.92. The van der Waals surface area contributed by atoms with Crippen LogP contribution in [0.2, 0.25) is 0 Å². The third kappa shape index (κ3) is 4.20. The van der Waals surface area contributed by atoms with Crippen molar-refractivity contribution in [3.05, 3.63) is 63.8 Å². The molecule has 9 heteroatoms. The largest absolute Gasteiger partial charge is 0.382 e. The summed E-state index contributed by atoms with van der Waals surface area (Å²) in [6.07, 6.45) is 0. The zero-order valence-electron chi connectivity index (χ0n) is 15.4. The fraction of sp³-hybridized carbons (Fsp3) is 0.158. The minimum absolute atomic E-state index is 0.0150. The van der Waals surface area contributed by atoms with E-state index < -0.39 is 5.91 Å². The molecule has 0 unspecified atom stereocenters. The number of nitrogens with two attached hydrogens (primary N) is 1. The van der Waals surface area contributed by atoms with Gasteiger partial charge in [0.25, 0.3) is 5.91 Å². The van der Waals surface area contributed by atoms with E-state index in [1.807, 2.05) is 38.1 Å². The highest BCUT2D eigenvalue weighted by Crippen LogP contribution is 2.23. The van der Waals surface area contributed by atoms with Gasteiger partial charge in [0.05, 0.1) is 5.69 Å². The molecule has 0 radical (unpaired) electrons. The zero-order valence-corrected chi connectivity index (χ0v) is 16.9. The van der Waals surface area contributed by atoms with Crippen LogP contribution in [0.25, 0.3) is 0 Å². The monoisotopic (exact) mass is 442 g/mol. The molecule has 3 rings (SSSR count). The van der Waals surface area contributed by atoms with Gasteiger partial charge in [-0.1, -0.05) is 35.5 Å². The number of nitrogens with one attached hydrogen (secondary N) is 2. The van der Waals surface area contributed by atoms with Crippen LogP contribution in [0.4, 0.5) is 17.2 Å². The number of aryl methyl sites for hydroxylation is 2. The number of aromatic nitrogens is 3. The maximum absolute atomic E-state index is 12.4. The van der Waals surface area contributed by atoms with Gasteiger partial charge in [0, 0.05) is 10.2 Å². The quantitative estimate of drug-likeness (QED) is 0.561. The Hall–Kier alpha value is -3.20. The maximum atomic E-state index is 12.4. The second-order valence-electron chi connectivity index (χ2n) is 6.23. The molecule has 0 fully saturated rings. The number of benzene rings is 2. The van der Waals surface area contributed by atoms with E-state index in [2.05, 4.69) is 36.9 Å². The van der Waals surface area contributed by atoms with Crippen LogP contribution in [0.3, 0.4) is 0 Å². The molecule has 2 aromatic carbocycles. The fourth-order valence-electron chi connectivity index (χ4n) is 2.67. The minimum atomic E-state index is -0.509. The molecule has 0 saturated heterocycles. The molecule has 0 aliphatic carbocycles. The number of carbonyl (C=O) groups excluding carboxylic acids is 2. The number of carbonyl (C=O) groups is 2. The molecule has 144 valence electrons. The lowest BCUT2D eigenvalue weighted by Gasteiger charge is -2.11. The van der Waals surface area contributed by atoms with Crippen molar-refractivity contribution < 1.29 is 9.59 Å². The highest BCUT2D eigenvalue weighted by molar-refractivity contribution is 9.10. The first-order chi connectivity index (χ1) is 13.4. The lowest BCUT2D eigenvalue weighted by Crippen LogP contribution is -2.22. The van der Waals surface area contributed by atoms with Crippen LogP contribution in [-0.4, -0.2) is 26.8 Å². The van der Waals surface area contributed by atoms with Crippen molar-refractivity contribution >= 4 is 44.9 Å². The molecule has 8 nitrogen and oxygen atoms in total. The highest BCUT2D eigenvalue weighted by Gasteiger charge is 2.20. The average molecular weight is 443 g/mol. The number of nitrogens with zero attached hydrogens (tertiary/aromatic N) is 3. The van der Waals surface area contributed by atoms with Crippen LogP contribution in [-0.2, 0) is 11.3 Å². The van der Waals surface area contributed by atoms with E-state index >= 15 is 0 Å². The summed E-state index contributed by atoms with van der Waals surface area (Å²) in [4.78, 5) is 24.8. The Morgan fingerprint density at radius 1 is 1.07 bits per heavy atom. The van der Waals surface area contributed by atoms with Gasteiger partial charge in [-0.15, -0.1) is 5.10 Å². The van der Waals surface area contributed by atoms with E-state index in [1.54, 1.807) is 18.2 Å². The van der Waals surface area contributed by atoms with Crippen molar-refractivity contribution in [2.75, 3.05) is 16.4 Å². The molecule has 1 aromatic heterocycles. The summed E-state index contributed by atoms with van der Waals surface area (Å²) in [6, 6.07) is 12.9. The topological polar surface area (TPSA) is 115 Å². The van der Waals surface area contributed by atoms with Gasteiger partial charge in [0.1, 0.15) is 6.54 Å². The second kappa shape index (κ2) is 8.22. The van der Waals surface area contributed by atoms with Gasteiger partial charge in [-0.05, 0) is 53.0 Å². The van der Waals surface area contributed by atoms with E-state index in [-0.39, 0.29) is 24.0 Å². The molecule has 0 aliphatic rings. The Labute approximate surface area is 170 Å². The minimum Gasteiger partial charge on any atom is -0.382 e. The van der Waals surface area contributed by atoms with E-state index in [0.717, 1.165) is 21.3 Å². The number of hydrogen-bond donors (Lipinski definition) is 3. The number of rotatable bonds is 5. The molecule has 4 N–H and O–H groups in total. The molecule has 0 spiro atoms. The van der Waals surface area contributed by atoms with Crippen molar-refractivity contribution in [3.63, 3.8) is 0 Å². The molecule has 1 heterocycles. The van der Waals surface area contributed by atoms with Crippen LogP contribution < -0.4 is 16.4 Å². The number of para-hydroxylation sites is 2. The van der Waals surface area contributed by atoms with Gasteiger partial charge in [-0.3, -0.25) is 9.59 Å². The molecule has 0 atom stereocenters. The summed E-state index contributed by atoms with van der Waals surface area (Å²) in [5, 5.41) is 13.2. The number of hydrogen-bond acceptors (Lipinski definition) is 5. The first-order valence-corrected chi connectivity index (χ1v) is 9.27. The summed E-state index contributed by atoms with van der Waals surface area (Å²) >= 11 is 3.36. The Morgan fingerprint density at radius 2 is 1.75 bits per heavy atom. The number of anilines is 3. The maximum Gasteiger partial charge on any atom is 0.280 e. The van der Waals surface area contributed by atoms with Crippen LogP contribution in [0.5, 0.6) is 0 Å². The summed E-state index contributed by atoms with van der Waals surface area (Å²) in [5.41, 5.74) is 9.17. The van der Waals surface area contributed by atoms with Gasteiger partial charge < -0.3 is 16.4 Å². The normalized spacial score (nSPS) is 10.5. The lowest BCUT2D eigenvalue weighted by atomic mass is 10.1. The van der Waals surface area contributed by atoms with Crippen molar-refractivity contribution in [2.24, 2.45) is 0 Å². The Bertz CT molecular complexity index is 1030. The summed E-state index contributed by atoms with van der Waals surface area (Å²) in [5.74, 6) is -0.807. The number of amides is 2. The Morgan fingerprint density at radius 3 is 2.43 bits per heavy atom. The number of halogens is 1. The molecule has 0 saturated carbocycles. The smallest absolute Gasteiger partial charge is 0.280 e. The van der Waals surface area contributed by atoms with Crippen molar-refractivity contribution in [3.8, 4) is 0 Å². The van der Waals surface area contributed by atoms with Crippen LogP contribution in [0.15, 0.2) is 46.9 Å². The Balaban J connectivity index is 1.71. The number of nitrogen functional groups attached to an aromatic ring is 1. The van der Waals surface area contributed by atoms with Crippen molar-refractivity contribution in [1.29, 1.82) is 0 Å².